The zero-order valence-corrected chi connectivity index (χ0v) is 23.6. The van der Waals surface area contributed by atoms with Crippen molar-refractivity contribution in [1.29, 1.82) is 0 Å². The van der Waals surface area contributed by atoms with E-state index < -0.39 is 27.4 Å². The van der Waals surface area contributed by atoms with Crippen molar-refractivity contribution in [3.63, 3.8) is 0 Å². The maximum absolute atomic E-state index is 13.5. The summed E-state index contributed by atoms with van der Waals surface area (Å²) in [6.45, 7) is 6.08. The molecular formula is C29H32N4O6S. The Kier molecular flexibility index (Phi) is 8.15. The van der Waals surface area contributed by atoms with Crippen molar-refractivity contribution in [2.24, 2.45) is 0 Å². The molecule has 210 valence electrons. The van der Waals surface area contributed by atoms with Crippen molar-refractivity contribution in [2.75, 3.05) is 28.6 Å². The highest BCUT2D eigenvalue weighted by Gasteiger charge is 2.30. The van der Waals surface area contributed by atoms with Gasteiger partial charge < -0.3 is 10.1 Å². The first kappa shape index (κ1) is 28.6. The lowest BCUT2D eigenvalue weighted by atomic mass is 9.84. The molecule has 3 aromatic rings. The van der Waals surface area contributed by atoms with Crippen LogP contribution in [0.1, 0.15) is 48.7 Å². The number of anilines is 3. The van der Waals surface area contributed by atoms with Gasteiger partial charge in [0.15, 0.2) is 0 Å². The Morgan fingerprint density at radius 1 is 1.00 bits per heavy atom. The third-order valence-corrected chi connectivity index (χ3v) is 7.57. The monoisotopic (exact) mass is 564 g/mol. The number of nitrogens with one attached hydrogen (secondary N) is 3. The van der Waals surface area contributed by atoms with E-state index in [0.29, 0.717) is 33.9 Å². The Morgan fingerprint density at radius 3 is 2.25 bits per heavy atom. The molecule has 4 amide bonds. The van der Waals surface area contributed by atoms with Crippen LogP contribution < -0.4 is 25.0 Å². The van der Waals surface area contributed by atoms with Crippen LogP contribution in [0.5, 0.6) is 5.75 Å². The number of imide groups is 1. The van der Waals surface area contributed by atoms with Crippen molar-refractivity contribution in [1.82, 2.24) is 5.32 Å². The first-order valence-corrected chi connectivity index (χ1v) is 14.3. The summed E-state index contributed by atoms with van der Waals surface area (Å²) < 4.78 is 33.3. The van der Waals surface area contributed by atoms with Gasteiger partial charge in [0.2, 0.25) is 15.9 Å². The minimum atomic E-state index is -3.63. The Labute approximate surface area is 233 Å². The van der Waals surface area contributed by atoms with E-state index in [0.717, 1.165) is 0 Å². The highest BCUT2D eigenvalue weighted by atomic mass is 32.2. The van der Waals surface area contributed by atoms with Crippen molar-refractivity contribution in [3.05, 3.63) is 83.4 Å². The number of benzene rings is 3. The molecule has 10 nitrogen and oxygen atoms in total. The fourth-order valence-electron chi connectivity index (χ4n) is 4.35. The van der Waals surface area contributed by atoms with Crippen molar-refractivity contribution >= 4 is 44.9 Å². The summed E-state index contributed by atoms with van der Waals surface area (Å²) >= 11 is 0. The third kappa shape index (κ3) is 6.78. The molecule has 0 bridgehead atoms. The summed E-state index contributed by atoms with van der Waals surface area (Å²) in [5.74, 6) is -0.626. The van der Waals surface area contributed by atoms with E-state index >= 15 is 0 Å². The van der Waals surface area contributed by atoms with Crippen molar-refractivity contribution in [3.8, 4) is 5.75 Å². The van der Waals surface area contributed by atoms with E-state index in [-0.39, 0.29) is 30.2 Å². The van der Waals surface area contributed by atoms with E-state index in [9.17, 15) is 22.8 Å². The van der Waals surface area contributed by atoms with E-state index in [1.165, 1.54) is 12.0 Å². The van der Waals surface area contributed by atoms with Gasteiger partial charge in [0.05, 0.1) is 18.4 Å². The topological polar surface area (TPSA) is 134 Å². The largest absolute Gasteiger partial charge is 0.496 e. The van der Waals surface area contributed by atoms with Crippen LogP contribution >= 0.6 is 0 Å². The fraction of sp³-hybridized carbons (Fsp3) is 0.276. The zero-order valence-electron chi connectivity index (χ0n) is 22.8. The molecule has 1 heterocycles. The maximum Gasteiger partial charge on any atom is 0.328 e. The number of carbonyl (C=O) groups excluding carboxylic acids is 3. The van der Waals surface area contributed by atoms with Gasteiger partial charge in [-0.05, 0) is 47.4 Å². The number of methoxy groups -OCH3 is 1. The molecule has 0 saturated carbocycles. The van der Waals surface area contributed by atoms with Crippen molar-refractivity contribution < 1.29 is 27.5 Å². The van der Waals surface area contributed by atoms with E-state index in [1.807, 2.05) is 26.8 Å². The molecule has 1 saturated heterocycles. The third-order valence-electron chi connectivity index (χ3n) is 6.31. The molecule has 3 aromatic carbocycles. The quantitative estimate of drug-likeness (QED) is 0.365. The van der Waals surface area contributed by atoms with E-state index in [4.69, 9.17) is 4.74 Å². The van der Waals surface area contributed by atoms with Crippen LogP contribution in [0.4, 0.5) is 21.9 Å². The molecule has 0 radical (unpaired) electrons. The number of amides is 4. The molecule has 1 fully saturated rings. The average molecular weight is 565 g/mol. The molecule has 0 aromatic heterocycles. The number of hydrogen-bond acceptors (Lipinski definition) is 6. The molecule has 0 spiro atoms. The van der Waals surface area contributed by atoms with Gasteiger partial charge in [-0.2, -0.15) is 0 Å². The van der Waals surface area contributed by atoms with Gasteiger partial charge >= 0.3 is 6.03 Å². The first-order chi connectivity index (χ1) is 18.9. The van der Waals surface area contributed by atoms with Gasteiger partial charge in [0.1, 0.15) is 5.75 Å². The lowest BCUT2D eigenvalue weighted by Crippen LogP contribution is -2.49. The number of sulfonamides is 1. The Morgan fingerprint density at radius 2 is 1.65 bits per heavy atom. The number of nitrogens with zero attached hydrogens (tertiary/aromatic N) is 1. The number of ether oxygens (including phenoxy) is 1. The van der Waals surface area contributed by atoms with E-state index in [1.54, 1.807) is 60.7 Å². The van der Waals surface area contributed by atoms with Gasteiger partial charge in [-0.3, -0.25) is 24.5 Å². The second-order valence-electron chi connectivity index (χ2n) is 10.5. The molecule has 1 aliphatic rings. The van der Waals surface area contributed by atoms with Crippen LogP contribution in [0.25, 0.3) is 0 Å². The Balaban J connectivity index is 1.57. The van der Waals surface area contributed by atoms with Gasteiger partial charge in [-0.25, -0.2) is 13.2 Å². The number of carbonyl (C=O) groups is 3. The zero-order chi connectivity index (χ0) is 29.1. The van der Waals surface area contributed by atoms with Crippen LogP contribution in [-0.2, 0) is 26.0 Å². The second-order valence-corrected chi connectivity index (χ2v) is 12.2. The number of hydrogen-bond donors (Lipinski definition) is 3. The van der Waals surface area contributed by atoms with Crippen LogP contribution in [0.15, 0.2) is 66.7 Å². The van der Waals surface area contributed by atoms with Gasteiger partial charge in [-0.15, -0.1) is 0 Å². The average Bonchev–Trinajstić information content (AvgIpc) is 2.88. The van der Waals surface area contributed by atoms with Gasteiger partial charge in [0.25, 0.3) is 5.91 Å². The lowest BCUT2D eigenvalue weighted by Gasteiger charge is -2.30. The summed E-state index contributed by atoms with van der Waals surface area (Å²) in [4.78, 5) is 39.1. The summed E-state index contributed by atoms with van der Waals surface area (Å²) in [7, 11) is -2.15. The standard InChI is InChI=1S/C29H32N4O6S/c1-29(2,3)24-17-22(33-15-14-25(34)31-28(33)36)16-23(26(24)39-4)27(35)30-20-10-12-21(13-11-20)32-40(37,38)18-19-8-6-5-7-9-19/h5-13,16-17,32H,14-15,18H2,1-4H3,(H,30,35)(H,31,34,36). The summed E-state index contributed by atoms with van der Waals surface area (Å²) in [6, 6.07) is 17.9. The van der Waals surface area contributed by atoms with Crippen LogP contribution in [0.3, 0.4) is 0 Å². The molecule has 4 rings (SSSR count). The maximum atomic E-state index is 13.5. The number of rotatable bonds is 8. The van der Waals surface area contributed by atoms with Crippen LogP contribution in [-0.4, -0.2) is 39.9 Å². The molecular weight excluding hydrogens is 532 g/mol. The fourth-order valence-corrected chi connectivity index (χ4v) is 5.55. The van der Waals surface area contributed by atoms with Gasteiger partial charge in [0, 0.05) is 35.6 Å². The van der Waals surface area contributed by atoms with Crippen molar-refractivity contribution in [2.45, 2.75) is 38.4 Å². The summed E-state index contributed by atoms with van der Waals surface area (Å²) in [5, 5.41) is 5.13. The summed E-state index contributed by atoms with van der Waals surface area (Å²) in [5.41, 5.74) is 2.41. The normalized spacial score (nSPS) is 13.9. The predicted molar refractivity (Wildman–Crippen MR) is 154 cm³/mol. The Bertz CT molecular complexity index is 1530. The number of urea groups is 1. The van der Waals surface area contributed by atoms with Crippen LogP contribution in [0.2, 0.25) is 0 Å². The smallest absolute Gasteiger partial charge is 0.328 e. The SMILES string of the molecule is COc1c(C(=O)Nc2ccc(NS(=O)(=O)Cc3ccccc3)cc2)cc(N2CCC(=O)NC2=O)cc1C(C)(C)C. The predicted octanol–water partition coefficient (Wildman–Crippen LogP) is 4.63. The molecule has 40 heavy (non-hydrogen) atoms. The van der Waals surface area contributed by atoms with Crippen LogP contribution in [0, 0.1) is 0 Å². The molecule has 3 N–H and O–H groups in total. The minimum absolute atomic E-state index is 0.144. The highest BCUT2D eigenvalue weighted by molar-refractivity contribution is 7.91. The second kappa shape index (κ2) is 11.4. The molecule has 1 aliphatic heterocycles. The molecule has 0 atom stereocenters. The molecule has 11 heteroatoms. The first-order valence-electron chi connectivity index (χ1n) is 12.7. The Hall–Kier alpha value is -4.38. The summed E-state index contributed by atoms with van der Waals surface area (Å²) in [6.07, 6.45) is 0.144. The molecule has 0 aliphatic carbocycles. The highest BCUT2D eigenvalue weighted by Crippen LogP contribution is 2.38. The minimum Gasteiger partial charge on any atom is -0.496 e. The van der Waals surface area contributed by atoms with E-state index in [2.05, 4.69) is 15.4 Å². The molecule has 0 unspecified atom stereocenters. The lowest BCUT2D eigenvalue weighted by molar-refractivity contribution is -0.120. The van der Waals surface area contributed by atoms with Gasteiger partial charge in [-0.1, -0.05) is 51.1 Å².